The van der Waals surface area contributed by atoms with E-state index in [1.165, 1.54) is 17.4 Å². The molecule has 0 spiro atoms. The molecule has 1 N–H and O–H groups in total. The highest BCUT2D eigenvalue weighted by Crippen LogP contribution is 2.23. The minimum atomic E-state index is -3.06. The van der Waals surface area contributed by atoms with Crippen molar-refractivity contribution in [3.8, 4) is 0 Å². The molecule has 22 heavy (non-hydrogen) atoms. The Hall–Kier alpha value is -0.910. The lowest BCUT2D eigenvalue weighted by Gasteiger charge is -2.34. The third-order valence-electron chi connectivity index (χ3n) is 4.52. The van der Waals surface area contributed by atoms with Gasteiger partial charge in [-0.3, -0.25) is 0 Å². The van der Waals surface area contributed by atoms with Crippen molar-refractivity contribution in [3.63, 3.8) is 0 Å². The van der Waals surface area contributed by atoms with Crippen molar-refractivity contribution in [3.05, 3.63) is 35.4 Å². The third-order valence-corrected chi connectivity index (χ3v) is 5.79. The standard InChI is InChI=1S/C17H28N2O2S/c1-14-7-5-9-16(11-14)17(2,3)18-12-15-8-6-10-19(13-15)22(4,20)21/h5,7,9,11,15,18H,6,8,10,12-13H2,1-4H3. The number of aryl methyl sites for hydroxylation is 1. The smallest absolute Gasteiger partial charge is 0.211 e. The molecule has 1 aliphatic heterocycles. The van der Waals surface area contributed by atoms with Crippen molar-refractivity contribution in [2.75, 3.05) is 25.9 Å². The van der Waals surface area contributed by atoms with E-state index in [0.29, 0.717) is 19.0 Å². The van der Waals surface area contributed by atoms with Gasteiger partial charge in [-0.1, -0.05) is 29.8 Å². The number of hydrogen-bond acceptors (Lipinski definition) is 3. The van der Waals surface area contributed by atoms with Crippen molar-refractivity contribution in [1.29, 1.82) is 0 Å². The number of sulfonamides is 1. The van der Waals surface area contributed by atoms with Crippen LogP contribution in [0.3, 0.4) is 0 Å². The Labute approximate surface area is 135 Å². The van der Waals surface area contributed by atoms with E-state index < -0.39 is 10.0 Å². The zero-order chi connectivity index (χ0) is 16.4. The Morgan fingerprint density at radius 1 is 1.36 bits per heavy atom. The average molecular weight is 324 g/mol. The first-order valence-corrected chi connectivity index (χ1v) is 9.80. The van der Waals surface area contributed by atoms with Gasteiger partial charge in [0.2, 0.25) is 10.0 Å². The monoisotopic (exact) mass is 324 g/mol. The molecule has 0 saturated carbocycles. The van der Waals surface area contributed by atoms with Crippen LogP contribution in [0.2, 0.25) is 0 Å². The summed E-state index contributed by atoms with van der Waals surface area (Å²) >= 11 is 0. The van der Waals surface area contributed by atoms with Crippen molar-refractivity contribution in [2.24, 2.45) is 5.92 Å². The minimum Gasteiger partial charge on any atom is -0.308 e. The van der Waals surface area contributed by atoms with E-state index in [2.05, 4.69) is 50.4 Å². The lowest BCUT2D eigenvalue weighted by Crippen LogP contribution is -2.46. The summed E-state index contributed by atoms with van der Waals surface area (Å²) < 4.78 is 25.0. The van der Waals surface area contributed by atoms with Crippen LogP contribution in [0.1, 0.15) is 37.8 Å². The number of hydrogen-bond donors (Lipinski definition) is 1. The van der Waals surface area contributed by atoms with E-state index in [1.807, 2.05) is 0 Å². The van der Waals surface area contributed by atoms with Gasteiger partial charge in [0.1, 0.15) is 0 Å². The molecule has 1 heterocycles. The second kappa shape index (κ2) is 6.69. The highest BCUT2D eigenvalue weighted by atomic mass is 32.2. The number of benzene rings is 1. The second-order valence-corrected chi connectivity index (χ2v) is 8.99. The SMILES string of the molecule is Cc1cccc(C(C)(C)NCC2CCCN(S(C)(=O)=O)C2)c1. The summed E-state index contributed by atoms with van der Waals surface area (Å²) in [5.74, 6) is 0.382. The molecule has 1 atom stereocenters. The van der Waals surface area contributed by atoms with Gasteiger partial charge in [0.05, 0.1) is 6.26 Å². The fourth-order valence-electron chi connectivity index (χ4n) is 3.03. The van der Waals surface area contributed by atoms with Crippen LogP contribution in [-0.2, 0) is 15.6 Å². The molecule has 124 valence electrons. The van der Waals surface area contributed by atoms with E-state index in [-0.39, 0.29) is 5.54 Å². The summed E-state index contributed by atoms with van der Waals surface area (Å²) in [6, 6.07) is 8.53. The normalized spacial score (nSPS) is 21.0. The van der Waals surface area contributed by atoms with Crippen LogP contribution in [0.5, 0.6) is 0 Å². The first-order valence-electron chi connectivity index (χ1n) is 7.96. The van der Waals surface area contributed by atoms with E-state index in [4.69, 9.17) is 0 Å². The molecule has 1 saturated heterocycles. The largest absolute Gasteiger partial charge is 0.308 e. The summed E-state index contributed by atoms with van der Waals surface area (Å²) in [7, 11) is -3.06. The lowest BCUT2D eigenvalue weighted by atomic mass is 9.91. The van der Waals surface area contributed by atoms with Gasteiger partial charge in [-0.15, -0.1) is 0 Å². The zero-order valence-corrected chi connectivity index (χ0v) is 14.9. The van der Waals surface area contributed by atoms with E-state index in [1.54, 1.807) is 4.31 Å². The Morgan fingerprint density at radius 3 is 2.73 bits per heavy atom. The Kier molecular flexibility index (Phi) is 5.30. The van der Waals surface area contributed by atoms with Crippen molar-refractivity contribution >= 4 is 10.0 Å². The summed E-state index contributed by atoms with van der Waals surface area (Å²) in [6.07, 6.45) is 3.34. The first-order chi connectivity index (χ1) is 10.2. The van der Waals surface area contributed by atoms with Crippen LogP contribution >= 0.6 is 0 Å². The summed E-state index contributed by atoms with van der Waals surface area (Å²) in [4.78, 5) is 0. The molecular formula is C17H28N2O2S. The molecule has 0 radical (unpaired) electrons. The Morgan fingerprint density at radius 2 is 2.09 bits per heavy atom. The van der Waals surface area contributed by atoms with Crippen LogP contribution in [-0.4, -0.2) is 38.6 Å². The van der Waals surface area contributed by atoms with Gasteiger partial charge in [-0.05, 0) is 45.1 Å². The summed E-state index contributed by atoms with van der Waals surface area (Å²) in [5.41, 5.74) is 2.41. The number of rotatable bonds is 5. The zero-order valence-electron chi connectivity index (χ0n) is 14.1. The molecule has 0 bridgehead atoms. The number of nitrogens with one attached hydrogen (secondary N) is 1. The predicted octanol–water partition coefficient (Wildman–Crippen LogP) is 2.49. The maximum atomic E-state index is 11.7. The van der Waals surface area contributed by atoms with E-state index in [0.717, 1.165) is 19.4 Å². The second-order valence-electron chi connectivity index (χ2n) is 7.00. The van der Waals surface area contributed by atoms with Gasteiger partial charge in [-0.25, -0.2) is 12.7 Å². The lowest BCUT2D eigenvalue weighted by molar-refractivity contribution is 0.242. The molecule has 2 rings (SSSR count). The average Bonchev–Trinajstić information content (AvgIpc) is 2.45. The Balaban J connectivity index is 1.97. The molecule has 0 aromatic heterocycles. The molecule has 1 aliphatic rings. The maximum Gasteiger partial charge on any atom is 0.211 e. The van der Waals surface area contributed by atoms with Gasteiger partial charge in [0.25, 0.3) is 0 Å². The van der Waals surface area contributed by atoms with E-state index in [9.17, 15) is 8.42 Å². The van der Waals surface area contributed by atoms with Crippen LogP contribution in [0, 0.1) is 12.8 Å². The van der Waals surface area contributed by atoms with Gasteiger partial charge >= 0.3 is 0 Å². The fraction of sp³-hybridized carbons (Fsp3) is 0.647. The van der Waals surface area contributed by atoms with Gasteiger partial charge in [-0.2, -0.15) is 0 Å². The quantitative estimate of drug-likeness (QED) is 0.905. The summed E-state index contributed by atoms with van der Waals surface area (Å²) in [5, 5.41) is 3.62. The van der Waals surface area contributed by atoms with Crippen molar-refractivity contribution in [1.82, 2.24) is 9.62 Å². The molecule has 5 heteroatoms. The van der Waals surface area contributed by atoms with Crippen LogP contribution < -0.4 is 5.32 Å². The molecule has 1 fully saturated rings. The molecule has 4 nitrogen and oxygen atoms in total. The third kappa shape index (κ3) is 4.54. The van der Waals surface area contributed by atoms with Crippen LogP contribution in [0.25, 0.3) is 0 Å². The molecule has 1 aromatic carbocycles. The first kappa shape index (κ1) is 17.4. The molecule has 0 aliphatic carbocycles. The van der Waals surface area contributed by atoms with E-state index >= 15 is 0 Å². The van der Waals surface area contributed by atoms with Crippen LogP contribution in [0.15, 0.2) is 24.3 Å². The highest BCUT2D eigenvalue weighted by molar-refractivity contribution is 7.88. The Bertz CT molecular complexity index is 611. The van der Waals surface area contributed by atoms with Gasteiger partial charge in [0.15, 0.2) is 0 Å². The van der Waals surface area contributed by atoms with Gasteiger partial charge in [0, 0.05) is 25.2 Å². The molecule has 1 unspecified atom stereocenters. The van der Waals surface area contributed by atoms with Crippen LogP contribution in [0.4, 0.5) is 0 Å². The minimum absolute atomic E-state index is 0.112. The molecular weight excluding hydrogens is 296 g/mol. The fourth-order valence-corrected chi connectivity index (χ4v) is 3.97. The number of piperidine rings is 1. The van der Waals surface area contributed by atoms with Crippen molar-refractivity contribution < 1.29 is 8.42 Å². The predicted molar refractivity (Wildman–Crippen MR) is 91.3 cm³/mol. The maximum absolute atomic E-state index is 11.7. The molecule has 0 amide bonds. The molecule has 1 aromatic rings. The van der Waals surface area contributed by atoms with Crippen molar-refractivity contribution in [2.45, 2.75) is 39.2 Å². The summed E-state index contributed by atoms with van der Waals surface area (Å²) in [6.45, 7) is 8.60. The number of nitrogens with zero attached hydrogens (tertiary/aromatic N) is 1. The highest BCUT2D eigenvalue weighted by Gasteiger charge is 2.28. The van der Waals surface area contributed by atoms with Gasteiger partial charge < -0.3 is 5.32 Å². The topological polar surface area (TPSA) is 49.4 Å².